The zero-order chi connectivity index (χ0) is 19.5. The number of benzene rings is 2. The first-order valence-corrected chi connectivity index (χ1v) is 9.92. The lowest BCUT2D eigenvalue weighted by molar-refractivity contribution is 0.134. The Morgan fingerprint density at radius 1 is 1.25 bits per heavy atom. The van der Waals surface area contributed by atoms with E-state index in [-0.39, 0.29) is 18.5 Å². The van der Waals surface area contributed by atoms with Gasteiger partial charge in [0.2, 0.25) is 0 Å². The van der Waals surface area contributed by atoms with Crippen LogP contribution in [0.5, 0.6) is 0 Å². The second kappa shape index (κ2) is 8.05. The quantitative estimate of drug-likeness (QED) is 0.679. The number of carbonyl (C=O) groups is 1. The van der Waals surface area contributed by atoms with Gasteiger partial charge in [-0.25, -0.2) is 9.18 Å². The predicted octanol–water partition coefficient (Wildman–Crippen LogP) is 4.97. The van der Waals surface area contributed by atoms with Crippen LogP contribution in [-0.4, -0.2) is 16.7 Å². The molecule has 0 radical (unpaired) electrons. The Hall–Kier alpha value is -2.82. The van der Waals surface area contributed by atoms with Gasteiger partial charge in [-0.2, -0.15) is 0 Å². The van der Waals surface area contributed by atoms with Crippen molar-refractivity contribution < 1.29 is 13.9 Å². The third-order valence-corrected chi connectivity index (χ3v) is 5.41. The molecule has 0 bridgehead atoms. The summed E-state index contributed by atoms with van der Waals surface area (Å²) in [6, 6.07) is 14.6. The Bertz CT molecular complexity index is 981. The van der Waals surface area contributed by atoms with Crippen molar-refractivity contribution in [1.29, 1.82) is 0 Å². The van der Waals surface area contributed by atoms with Crippen LogP contribution in [0.1, 0.15) is 36.6 Å². The lowest BCUT2D eigenvalue weighted by Gasteiger charge is -2.24. The highest BCUT2D eigenvalue weighted by molar-refractivity contribution is 5.86. The van der Waals surface area contributed by atoms with E-state index in [0.29, 0.717) is 6.42 Å². The molecule has 1 aliphatic carbocycles. The number of aryl methyl sites for hydroxylation is 1. The van der Waals surface area contributed by atoms with Crippen molar-refractivity contribution in [3.63, 3.8) is 0 Å². The largest absolute Gasteiger partial charge is 0.445 e. The Morgan fingerprint density at radius 2 is 2.07 bits per heavy atom. The summed E-state index contributed by atoms with van der Waals surface area (Å²) in [5, 5.41) is 3.95. The van der Waals surface area contributed by atoms with E-state index >= 15 is 0 Å². The molecular formula is C23H25FN2O2. The fraction of sp³-hybridized carbons (Fsp3) is 0.348. The van der Waals surface area contributed by atoms with Gasteiger partial charge >= 0.3 is 6.09 Å². The van der Waals surface area contributed by atoms with Gasteiger partial charge in [-0.05, 0) is 55.0 Å². The molecule has 4 nitrogen and oxygen atoms in total. The number of carbonyl (C=O) groups excluding carboxylic acids is 1. The topological polar surface area (TPSA) is 43.3 Å². The molecule has 0 fully saturated rings. The molecule has 0 aliphatic heterocycles. The van der Waals surface area contributed by atoms with Crippen LogP contribution in [0.15, 0.2) is 48.5 Å². The van der Waals surface area contributed by atoms with Crippen LogP contribution in [-0.2, 0) is 30.7 Å². The van der Waals surface area contributed by atoms with E-state index in [0.717, 1.165) is 47.8 Å². The number of halogens is 1. The minimum Gasteiger partial charge on any atom is -0.445 e. The lowest BCUT2D eigenvalue weighted by atomic mass is 9.91. The monoisotopic (exact) mass is 380 g/mol. The molecule has 1 atom stereocenters. The van der Waals surface area contributed by atoms with Crippen molar-refractivity contribution in [2.75, 3.05) is 0 Å². The van der Waals surface area contributed by atoms with Crippen molar-refractivity contribution in [2.45, 2.75) is 51.8 Å². The summed E-state index contributed by atoms with van der Waals surface area (Å²) in [5.41, 5.74) is 4.47. The molecule has 2 aromatic carbocycles. The zero-order valence-electron chi connectivity index (χ0n) is 16.1. The highest BCUT2D eigenvalue weighted by atomic mass is 19.1. The van der Waals surface area contributed by atoms with Gasteiger partial charge in [0, 0.05) is 29.2 Å². The molecule has 146 valence electrons. The van der Waals surface area contributed by atoms with Gasteiger partial charge in [0.05, 0.1) is 0 Å². The number of hydrogen-bond donors (Lipinski definition) is 1. The molecule has 1 heterocycles. The molecule has 3 aromatic rings. The number of fused-ring (bicyclic) bond motifs is 3. The zero-order valence-corrected chi connectivity index (χ0v) is 16.1. The summed E-state index contributed by atoms with van der Waals surface area (Å²) in [6.07, 6.45) is 3.06. The number of alkyl carbamates (subject to hydrolysis) is 1. The maximum Gasteiger partial charge on any atom is 0.407 e. The van der Waals surface area contributed by atoms with E-state index in [1.807, 2.05) is 36.4 Å². The van der Waals surface area contributed by atoms with Gasteiger partial charge in [0.1, 0.15) is 12.4 Å². The maximum atomic E-state index is 13.9. The maximum absolute atomic E-state index is 13.9. The number of nitrogens with one attached hydrogen (secondary N) is 1. The number of rotatable bonds is 5. The van der Waals surface area contributed by atoms with Crippen LogP contribution < -0.4 is 5.32 Å². The second-order valence-electron chi connectivity index (χ2n) is 7.38. The number of ether oxygens (including phenoxy) is 1. The number of nitrogens with zero attached hydrogens (tertiary/aromatic N) is 1. The fourth-order valence-corrected chi connectivity index (χ4v) is 4.16. The SMILES string of the molecule is CCCn1c2c(c3cc(F)ccc31)C[C@H](NC(=O)OCc1ccccc1)CC2. The van der Waals surface area contributed by atoms with Gasteiger partial charge in [0.25, 0.3) is 0 Å². The van der Waals surface area contributed by atoms with Crippen LogP contribution in [0, 0.1) is 5.82 Å². The van der Waals surface area contributed by atoms with Crippen molar-refractivity contribution in [1.82, 2.24) is 9.88 Å². The van der Waals surface area contributed by atoms with Gasteiger partial charge in [-0.1, -0.05) is 37.3 Å². The third kappa shape index (κ3) is 3.75. The van der Waals surface area contributed by atoms with Crippen molar-refractivity contribution >= 4 is 17.0 Å². The molecule has 5 heteroatoms. The molecule has 28 heavy (non-hydrogen) atoms. The van der Waals surface area contributed by atoms with E-state index in [2.05, 4.69) is 16.8 Å². The van der Waals surface area contributed by atoms with Gasteiger partial charge in [-0.15, -0.1) is 0 Å². The predicted molar refractivity (Wildman–Crippen MR) is 108 cm³/mol. The number of aromatic nitrogens is 1. The molecule has 4 rings (SSSR count). The Kier molecular flexibility index (Phi) is 5.33. The summed E-state index contributed by atoms with van der Waals surface area (Å²) in [5.74, 6) is -0.221. The number of hydrogen-bond acceptors (Lipinski definition) is 2. The number of amides is 1. The average Bonchev–Trinajstić information content (AvgIpc) is 3.00. The Morgan fingerprint density at radius 3 is 2.86 bits per heavy atom. The summed E-state index contributed by atoms with van der Waals surface area (Å²) >= 11 is 0. The third-order valence-electron chi connectivity index (χ3n) is 5.41. The van der Waals surface area contributed by atoms with Crippen LogP contribution in [0.4, 0.5) is 9.18 Å². The highest BCUT2D eigenvalue weighted by Gasteiger charge is 2.26. The first-order valence-electron chi connectivity index (χ1n) is 9.92. The van der Waals surface area contributed by atoms with Gasteiger partial charge in [-0.3, -0.25) is 0 Å². The molecule has 0 unspecified atom stereocenters. The molecular weight excluding hydrogens is 355 g/mol. The summed E-state index contributed by atoms with van der Waals surface area (Å²) in [6.45, 7) is 3.33. The average molecular weight is 380 g/mol. The van der Waals surface area contributed by atoms with Gasteiger partial charge in [0.15, 0.2) is 0 Å². The first kappa shape index (κ1) is 18.5. The van der Waals surface area contributed by atoms with Crippen LogP contribution in [0.2, 0.25) is 0 Å². The molecule has 0 spiro atoms. The lowest BCUT2D eigenvalue weighted by Crippen LogP contribution is -2.39. The minimum absolute atomic E-state index is 0.000262. The van der Waals surface area contributed by atoms with Crippen molar-refractivity contribution in [3.8, 4) is 0 Å². The molecule has 1 N–H and O–H groups in total. The fourth-order valence-electron chi connectivity index (χ4n) is 4.16. The minimum atomic E-state index is -0.402. The van der Waals surface area contributed by atoms with E-state index in [4.69, 9.17) is 4.74 Å². The summed E-state index contributed by atoms with van der Waals surface area (Å²) in [4.78, 5) is 12.2. The normalized spacial score (nSPS) is 16.0. The molecule has 1 aromatic heterocycles. The molecule has 0 saturated carbocycles. The van der Waals surface area contributed by atoms with Crippen molar-refractivity contribution in [3.05, 3.63) is 71.2 Å². The van der Waals surface area contributed by atoms with E-state index in [1.165, 1.54) is 11.8 Å². The van der Waals surface area contributed by atoms with Crippen LogP contribution >= 0.6 is 0 Å². The molecule has 1 amide bonds. The second-order valence-corrected chi connectivity index (χ2v) is 7.38. The standard InChI is InChI=1S/C23H25FN2O2/c1-2-12-26-21-10-8-17(24)13-19(21)20-14-18(9-11-22(20)26)25-23(27)28-15-16-6-4-3-5-7-16/h3-8,10,13,18H,2,9,11-12,14-15H2,1H3,(H,25,27)/t18-/m1/s1. The van der Waals surface area contributed by atoms with Gasteiger partial charge < -0.3 is 14.6 Å². The van der Waals surface area contributed by atoms with Crippen LogP contribution in [0.25, 0.3) is 10.9 Å². The highest BCUT2D eigenvalue weighted by Crippen LogP contribution is 2.33. The summed E-state index contributed by atoms with van der Waals surface area (Å²) < 4.78 is 21.5. The Labute approximate surface area is 164 Å². The van der Waals surface area contributed by atoms with E-state index in [9.17, 15) is 9.18 Å². The summed E-state index contributed by atoms with van der Waals surface area (Å²) in [7, 11) is 0. The smallest absolute Gasteiger partial charge is 0.407 e. The van der Waals surface area contributed by atoms with E-state index in [1.54, 1.807) is 6.07 Å². The first-order chi connectivity index (χ1) is 13.7. The molecule has 0 saturated heterocycles. The molecule has 1 aliphatic rings. The van der Waals surface area contributed by atoms with Crippen LogP contribution in [0.3, 0.4) is 0 Å². The van der Waals surface area contributed by atoms with E-state index < -0.39 is 6.09 Å². The Balaban J connectivity index is 1.48. The van der Waals surface area contributed by atoms with Crippen molar-refractivity contribution in [2.24, 2.45) is 0 Å².